The summed E-state index contributed by atoms with van der Waals surface area (Å²) in [7, 11) is 1.65. The molecule has 240 valence electrons. The van der Waals surface area contributed by atoms with Crippen LogP contribution >= 0.6 is 0 Å². The monoisotopic (exact) mass is 626 g/mol. The van der Waals surface area contributed by atoms with Crippen LogP contribution in [0.3, 0.4) is 0 Å². The molecule has 3 amide bonds. The van der Waals surface area contributed by atoms with E-state index in [1.54, 1.807) is 19.2 Å². The number of hydrogen-bond acceptors (Lipinski definition) is 7. The molecule has 3 aromatic rings. The van der Waals surface area contributed by atoms with Crippen molar-refractivity contribution >= 4 is 34.7 Å². The summed E-state index contributed by atoms with van der Waals surface area (Å²) in [5.41, 5.74) is 1.93. The van der Waals surface area contributed by atoms with Gasteiger partial charge in [-0.15, -0.1) is 0 Å². The number of rotatable bonds is 9. The normalized spacial score (nSPS) is 15.8. The number of urea groups is 1. The Morgan fingerprint density at radius 3 is 2.11 bits per heavy atom. The minimum Gasteiger partial charge on any atom is -0.495 e. The molecule has 0 bridgehead atoms. The van der Waals surface area contributed by atoms with Gasteiger partial charge in [0.2, 0.25) is 0 Å². The molecule has 2 aliphatic rings. The van der Waals surface area contributed by atoms with Gasteiger partial charge in [-0.05, 0) is 54.6 Å². The SMILES string of the molecule is COc1ccccc1N1CCN(c2ccc(NC(=O)Nc3ccc(C(F)(F)F)cc3)cc2C(=O)NCCN2CCOCC2)CC1. The molecule has 0 aromatic heterocycles. The number of morpholine rings is 1. The number of nitrogens with one attached hydrogen (secondary N) is 3. The number of carbonyl (C=O) groups is 2. The molecule has 2 saturated heterocycles. The minimum absolute atomic E-state index is 0.200. The summed E-state index contributed by atoms with van der Waals surface area (Å²) in [6, 6.07) is 16.5. The van der Waals surface area contributed by atoms with Crippen molar-refractivity contribution in [2.75, 3.05) is 93.1 Å². The van der Waals surface area contributed by atoms with Crippen LogP contribution in [0.15, 0.2) is 66.7 Å². The Morgan fingerprint density at radius 2 is 1.44 bits per heavy atom. The molecular weight excluding hydrogens is 589 g/mol. The van der Waals surface area contributed by atoms with Crippen LogP contribution in [0, 0.1) is 0 Å². The second-order valence-corrected chi connectivity index (χ2v) is 10.7. The maximum atomic E-state index is 13.5. The van der Waals surface area contributed by atoms with Crippen LogP contribution in [-0.4, -0.2) is 89.5 Å². The van der Waals surface area contributed by atoms with Crippen LogP contribution in [0.2, 0.25) is 0 Å². The highest BCUT2D eigenvalue weighted by molar-refractivity contribution is 6.04. The zero-order chi connectivity index (χ0) is 31.8. The predicted molar refractivity (Wildman–Crippen MR) is 168 cm³/mol. The number of methoxy groups -OCH3 is 1. The Balaban J connectivity index is 1.28. The number of ether oxygens (including phenoxy) is 2. The van der Waals surface area contributed by atoms with Crippen LogP contribution in [-0.2, 0) is 10.9 Å². The first-order valence-corrected chi connectivity index (χ1v) is 14.8. The molecular formula is C32H37F3N6O4. The van der Waals surface area contributed by atoms with E-state index in [9.17, 15) is 22.8 Å². The van der Waals surface area contributed by atoms with Crippen molar-refractivity contribution in [1.29, 1.82) is 0 Å². The predicted octanol–water partition coefficient (Wildman–Crippen LogP) is 4.75. The number of hydrogen-bond donors (Lipinski definition) is 3. The summed E-state index contributed by atoms with van der Waals surface area (Å²) >= 11 is 0. The maximum absolute atomic E-state index is 13.5. The fraction of sp³-hybridized carbons (Fsp3) is 0.375. The van der Waals surface area contributed by atoms with Gasteiger partial charge in [0.25, 0.3) is 5.91 Å². The van der Waals surface area contributed by atoms with E-state index in [1.165, 1.54) is 12.1 Å². The zero-order valence-electron chi connectivity index (χ0n) is 25.0. The van der Waals surface area contributed by atoms with E-state index < -0.39 is 17.8 Å². The largest absolute Gasteiger partial charge is 0.495 e. The fourth-order valence-electron chi connectivity index (χ4n) is 5.43. The molecule has 5 rings (SSSR count). The van der Waals surface area contributed by atoms with E-state index in [4.69, 9.17) is 9.47 Å². The van der Waals surface area contributed by atoms with E-state index in [1.807, 2.05) is 30.3 Å². The lowest BCUT2D eigenvalue weighted by atomic mass is 10.1. The summed E-state index contributed by atoms with van der Waals surface area (Å²) in [4.78, 5) is 32.9. The molecule has 2 fully saturated rings. The Bertz CT molecular complexity index is 1460. The second kappa shape index (κ2) is 14.5. The lowest BCUT2D eigenvalue weighted by Crippen LogP contribution is -2.47. The van der Waals surface area contributed by atoms with Gasteiger partial charge in [-0.3, -0.25) is 9.69 Å². The first kappa shape index (κ1) is 31.9. The third-order valence-electron chi connectivity index (χ3n) is 7.83. The number of nitrogens with zero attached hydrogens (tertiary/aromatic N) is 3. The lowest BCUT2D eigenvalue weighted by Gasteiger charge is -2.38. The summed E-state index contributed by atoms with van der Waals surface area (Å²) in [6.45, 7) is 6.85. The molecule has 10 nitrogen and oxygen atoms in total. The van der Waals surface area contributed by atoms with Gasteiger partial charge in [0, 0.05) is 69.4 Å². The molecule has 2 heterocycles. The van der Waals surface area contributed by atoms with Gasteiger partial charge in [-0.2, -0.15) is 13.2 Å². The van der Waals surface area contributed by atoms with Crippen LogP contribution in [0.1, 0.15) is 15.9 Å². The van der Waals surface area contributed by atoms with Crippen molar-refractivity contribution in [3.63, 3.8) is 0 Å². The van der Waals surface area contributed by atoms with Gasteiger partial charge in [0.05, 0.1) is 37.1 Å². The van der Waals surface area contributed by atoms with Crippen molar-refractivity contribution in [2.45, 2.75) is 6.18 Å². The Hall–Kier alpha value is -4.49. The molecule has 2 aliphatic heterocycles. The highest BCUT2D eigenvalue weighted by atomic mass is 19.4. The number of anilines is 4. The maximum Gasteiger partial charge on any atom is 0.416 e. The molecule has 13 heteroatoms. The van der Waals surface area contributed by atoms with Crippen molar-refractivity contribution in [1.82, 2.24) is 10.2 Å². The van der Waals surface area contributed by atoms with Gasteiger partial charge < -0.3 is 35.2 Å². The topological polar surface area (TPSA) is 98.4 Å². The minimum atomic E-state index is -4.47. The average Bonchev–Trinajstić information content (AvgIpc) is 3.05. The van der Waals surface area contributed by atoms with Gasteiger partial charge in [0.15, 0.2) is 0 Å². The third-order valence-corrected chi connectivity index (χ3v) is 7.83. The molecule has 0 spiro atoms. The van der Waals surface area contributed by atoms with Gasteiger partial charge in [-0.25, -0.2) is 4.79 Å². The first-order valence-electron chi connectivity index (χ1n) is 14.8. The molecule has 3 N–H and O–H groups in total. The molecule has 0 unspecified atom stereocenters. The van der Waals surface area contributed by atoms with Crippen molar-refractivity contribution in [3.8, 4) is 5.75 Å². The van der Waals surface area contributed by atoms with Crippen LogP contribution in [0.25, 0.3) is 0 Å². The third kappa shape index (κ3) is 8.37. The number of piperazine rings is 1. The standard InChI is InChI=1S/C32H37F3N6O4/c1-44-29-5-3-2-4-28(29)41-16-14-40(15-17-41)27-11-10-25(22-26(27)30(42)36-12-13-39-18-20-45-21-19-39)38-31(43)37-24-8-6-23(7-9-24)32(33,34)35/h2-11,22H,12-21H2,1H3,(H,36,42)(H2,37,38,43). The summed E-state index contributed by atoms with van der Waals surface area (Å²) in [6.07, 6.45) is -4.47. The second-order valence-electron chi connectivity index (χ2n) is 10.7. The molecule has 0 atom stereocenters. The molecule has 0 saturated carbocycles. The summed E-state index contributed by atoms with van der Waals surface area (Å²) in [5, 5.41) is 8.25. The van der Waals surface area contributed by atoms with E-state index in [0.717, 1.165) is 42.3 Å². The average molecular weight is 627 g/mol. The van der Waals surface area contributed by atoms with Gasteiger partial charge in [-0.1, -0.05) is 12.1 Å². The van der Waals surface area contributed by atoms with E-state index in [-0.39, 0.29) is 11.6 Å². The Morgan fingerprint density at radius 1 is 0.822 bits per heavy atom. The Labute approximate surface area is 260 Å². The fourth-order valence-corrected chi connectivity index (χ4v) is 5.43. The molecule has 0 radical (unpaired) electrons. The number of para-hydroxylation sites is 2. The van der Waals surface area contributed by atoms with E-state index in [2.05, 4.69) is 30.7 Å². The van der Waals surface area contributed by atoms with E-state index in [0.29, 0.717) is 63.7 Å². The highest BCUT2D eigenvalue weighted by Gasteiger charge is 2.30. The number of halogens is 3. The van der Waals surface area contributed by atoms with Crippen molar-refractivity contribution in [3.05, 3.63) is 77.9 Å². The lowest BCUT2D eigenvalue weighted by molar-refractivity contribution is -0.137. The van der Waals surface area contributed by atoms with Crippen LogP contribution < -0.4 is 30.5 Å². The number of alkyl halides is 3. The van der Waals surface area contributed by atoms with Gasteiger partial charge >= 0.3 is 12.2 Å². The number of benzene rings is 3. The smallest absolute Gasteiger partial charge is 0.416 e. The van der Waals surface area contributed by atoms with Crippen molar-refractivity contribution < 1.29 is 32.2 Å². The Kier molecular flexibility index (Phi) is 10.3. The molecule has 0 aliphatic carbocycles. The number of carbonyl (C=O) groups excluding carboxylic acids is 2. The quantitative estimate of drug-likeness (QED) is 0.316. The van der Waals surface area contributed by atoms with Crippen LogP contribution in [0.5, 0.6) is 5.75 Å². The zero-order valence-corrected chi connectivity index (χ0v) is 25.0. The van der Waals surface area contributed by atoms with E-state index >= 15 is 0 Å². The highest BCUT2D eigenvalue weighted by Crippen LogP contribution is 2.32. The molecule has 45 heavy (non-hydrogen) atoms. The number of amides is 3. The van der Waals surface area contributed by atoms with Crippen LogP contribution in [0.4, 0.5) is 40.7 Å². The first-order chi connectivity index (χ1) is 21.7. The summed E-state index contributed by atoms with van der Waals surface area (Å²) < 4.78 is 49.6. The van der Waals surface area contributed by atoms with Crippen molar-refractivity contribution in [2.24, 2.45) is 0 Å². The summed E-state index contributed by atoms with van der Waals surface area (Å²) in [5.74, 6) is 0.536. The van der Waals surface area contributed by atoms with Gasteiger partial charge in [0.1, 0.15) is 5.75 Å². The molecule has 3 aromatic carbocycles.